The second kappa shape index (κ2) is 18.9. The number of hydrogen-bond donors (Lipinski definition) is 3. The molecule has 3 aromatic rings. The quantitative estimate of drug-likeness (QED) is 0.0487. The first-order valence-corrected chi connectivity index (χ1v) is 17.9. The topological polar surface area (TPSA) is 119 Å². The second-order valence-corrected chi connectivity index (χ2v) is 13.9. The number of phenolic OH excluding ortho intramolecular Hbond substituents is 1. The Morgan fingerprint density at radius 2 is 1.58 bits per heavy atom. The standard InChI is InChI=1S/C40H51F4N3O6/c1-7-15-46(16-8-2)37(51)30-17-27(5)18-31(21-30)38(52)53-39(25-45-14-12-26(3)4,13-11-29-19-32(40(42,43)44)22-33(41)20-29)47(24-36(49)50)34-10-9-28(6)35(48)23-34/h9-10,17-23,26,45,48H,7-8,11-16,24-25H2,1-6H3,(H,49,50)/t39-/m1/s1. The lowest BCUT2D eigenvalue weighted by molar-refractivity contribution is -0.138. The summed E-state index contributed by atoms with van der Waals surface area (Å²) >= 11 is 0. The van der Waals surface area contributed by atoms with Gasteiger partial charge < -0.3 is 30.1 Å². The third-order valence-electron chi connectivity index (χ3n) is 8.80. The van der Waals surface area contributed by atoms with Crippen LogP contribution in [-0.4, -0.2) is 71.4 Å². The van der Waals surface area contributed by atoms with Gasteiger partial charge in [-0.2, -0.15) is 13.2 Å². The predicted molar refractivity (Wildman–Crippen MR) is 196 cm³/mol. The maximum absolute atomic E-state index is 14.6. The summed E-state index contributed by atoms with van der Waals surface area (Å²) in [4.78, 5) is 43.4. The lowest BCUT2D eigenvalue weighted by Gasteiger charge is -2.44. The molecule has 0 aliphatic carbocycles. The van der Waals surface area contributed by atoms with Crippen molar-refractivity contribution in [3.8, 4) is 5.75 Å². The van der Waals surface area contributed by atoms with Crippen LogP contribution in [0, 0.1) is 25.6 Å². The number of ether oxygens (including phenoxy) is 1. The summed E-state index contributed by atoms with van der Waals surface area (Å²) in [6, 6.07) is 11.1. The Hall–Kier alpha value is -4.65. The minimum Gasteiger partial charge on any atom is -0.508 e. The normalized spacial score (nSPS) is 12.7. The van der Waals surface area contributed by atoms with Crippen molar-refractivity contribution in [1.82, 2.24) is 10.2 Å². The van der Waals surface area contributed by atoms with Gasteiger partial charge in [0.2, 0.25) is 0 Å². The highest BCUT2D eigenvalue weighted by molar-refractivity contribution is 5.98. The zero-order chi connectivity index (χ0) is 39.5. The summed E-state index contributed by atoms with van der Waals surface area (Å²) in [7, 11) is 0. The van der Waals surface area contributed by atoms with Crippen molar-refractivity contribution >= 4 is 23.5 Å². The van der Waals surface area contributed by atoms with Crippen LogP contribution in [0.3, 0.4) is 0 Å². The van der Waals surface area contributed by atoms with Gasteiger partial charge in [-0.25, -0.2) is 9.18 Å². The number of amides is 1. The molecule has 3 N–H and O–H groups in total. The van der Waals surface area contributed by atoms with E-state index in [1.807, 2.05) is 27.7 Å². The van der Waals surface area contributed by atoms with Crippen LogP contribution < -0.4 is 10.2 Å². The molecule has 0 aromatic heterocycles. The first-order chi connectivity index (χ1) is 24.9. The van der Waals surface area contributed by atoms with E-state index < -0.39 is 41.8 Å². The van der Waals surface area contributed by atoms with Crippen LogP contribution in [-0.2, 0) is 22.1 Å². The lowest BCUT2D eigenvalue weighted by atomic mass is 9.97. The van der Waals surface area contributed by atoms with Crippen molar-refractivity contribution in [2.45, 2.75) is 85.5 Å². The molecule has 0 saturated heterocycles. The van der Waals surface area contributed by atoms with Gasteiger partial charge in [-0.1, -0.05) is 33.8 Å². The fourth-order valence-corrected chi connectivity index (χ4v) is 6.10. The maximum atomic E-state index is 14.6. The molecule has 13 heteroatoms. The first-order valence-electron chi connectivity index (χ1n) is 17.9. The number of alkyl halides is 3. The van der Waals surface area contributed by atoms with E-state index in [-0.39, 0.29) is 59.3 Å². The van der Waals surface area contributed by atoms with E-state index in [2.05, 4.69) is 5.32 Å². The number of aliphatic carboxylic acids is 1. The number of benzene rings is 3. The number of nitrogens with zero attached hydrogens (tertiary/aromatic N) is 2. The van der Waals surface area contributed by atoms with Crippen LogP contribution in [0.1, 0.15) is 96.3 Å². The number of rotatable bonds is 19. The van der Waals surface area contributed by atoms with Gasteiger partial charge in [-0.15, -0.1) is 0 Å². The number of carbonyl (C=O) groups is 3. The average molecular weight is 746 g/mol. The summed E-state index contributed by atoms with van der Waals surface area (Å²) in [5.41, 5.74) is -1.71. The van der Waals surface area contributed by atoms with Crippen LogP contribution in [0.4, 0.5) is 23.2 Å². The minimum atomic E-state index is -4.84. The number of esters is 1. The Morgan fingerprint density at radius 3 is 2.17 bits per heavy atom. The highest BCUT2D eigenvalue weighted by Gasteiger charge is 2.43. The lowest BCUT2D eigenvalue weighted by Crippen LogP contribution is -2.60. The van der Waals surface area contributed by atoms with Crippen molar-refractivity contribution in [3.63, 3.8) is 0 Å². The Morgan fingerprint density at radius 1 is 0.925 bits per heavy atom. The van der Waals surface area contributed by atoms with E-state index in [0.29, 0.717) is 43.2 Å². The molecule has 1 atom stereocenters. The molecule has 0 aliphatic heterocycles. The fourth-order valence-electron chi connectivity index (χ4n) is 6.10. The number of anilines is 1. The molecule has 0 saturated carbocycles. The third-order valence-corrected chi connectivity index (χ3v) is 8.80. The second-order valence-electron chi connectivity index (χ2n) is 13.9. The smallest absolute Gasteiger partial charge is 0.416 e. The Balaban J connectivity index is 2.24. The molecule has 0 unspecified atom stereocenters. The predicted octanol–water partition coefficient (Wildman–Crippen LogP) is 8.14. The van der Waals surface area contributed by atoms with Crippen molar-refractivity contribution in [2.24, 2.45) is 5.92 Å². The molecular formula is C40H51F4N3O6. The summed E-state index contributed by atoms with van der Waals surface area (Å²) < 4.78 is 62.0. The summed E-state index contributed by atoms with van der Waals surface area (Å²) in [6.45, 7) is 11.7. The zero-order valence-electron chi connectivity index (χ0n) is 31.3. The number of halogens is 4. The molecule has 0 aliphatic rings. The van der Waals surface area contributed by atoms with E-state index >= 15 is 0 Å². The van der Waals surface area contributed by atoms with Crippen LogP contribution in [0.2, 0.25) is 0 Å². The van der Waals surface area contributed by atoms with Crippen LogP contribution in [0.5, 0.6) is 5.75 Å². The van der Waals surface area contributed by atoms with Gasteiger partial charge in [0.15, 0.2) is 5.72 Å². The number of aryl methyl sites for hydroxylation is 3. The molecule has 0 fully saturated rings. The molecule has 53 heavy (non-hydrogen) atoms. The van der Waals surface area contributed by atoms with Crippen molar-refractivity contribution in [2.75, 3.05) is 37.6 Å². The molecule has 0 spiro atoms. The highest BCUT2D eigenvalue weighted by Crippen LogP contribution is 2.35. The molecule has 1 amide bonds. The van der Waals surface area contributed by atoms with E-state index in [1.54, 1.807) is 30.9 Å². The van der Waals surface area contributed by atoms with Gasteiger partial charge in [0.1, 0.15) is 18.1 Å². The van der Waals surface area contributed by atoms with E-state index in [0.717, 1.165) is 25.0 Å². The number of nitrogens with one attached hydrogen (secondary N) is 1. The summed E-state index contributed by atoms with van der Waals surface area (Å²) in [6.07, 6.45) is -3.27. The monoisotopic (exact) mass is 745 g/mol. The molecule has 3 aromatic carbocycles. The van der Waals surface area contributed by atoms with Gasteiger partial charge in [-0.3, -0.25) is 9.59 Å². The van der Waals surface area contributed by atoms with Crippen LogP contribution >= 0.6 is 0 Å². The molecule has 9 nitrogen and oxygen atoms in total. The Labute approximate surface area is 308 Å². The highest BCUT2D eigenvalue weighted by atomic mass is 19.4. The Kier molecular flexibility index (Phi) is 15.3. The first kappa shape index (κ1) is 42.8. The Bertz CT molecular complexity index is 1720. The van der Waals surface area contributed by atoms with Gasteiger partial charge >= 0.3 is 18.1 Å². The van der Waals surface area contributed by atoms with Gasteiger partial charge in [-0.05, 0) is 111 Å². The van der Waals surface area contributed by atoms with Crippen molar-refractivity contribution < 1.29 is 46.9 Å². The maximum Gasteiger partial charge on any atom is 0.416 e. The van der Waals surface area contributed by atoms with E-state index in [1.165, 1.54) is 29.2 Å². The summed E-state index contributed by atoms with van der Waals surface area (Å²) in [5.74, 6) is -3.55. The zero-order valence-corrected chi connectivity index (χ0v) is 31.3. The molecule has 290 valence electrons. The van der Waals surface area contributed by atoms with Gasteiger partial charge in [0.05, 0.1) is 17.7 Å². The van der Waals surface area contributed by atoms with Crippen LogP contribution in [0.15, 0.2) is 54.6 Å². The van der Waals surface area contributed by atoms with Crippen LogP contribution in [0.25, 0.3) is 0 Å². The molecule has 0 bridgehead atoms. The number of carboxylic acids is 1. The minimum absolute atomic E-state index is 0.00000563. The SMILES string of the molecule is CCCN(CCC)C(=O)c1cc(C)cc(C(=O)O[C@](CCc2cc(F)cc(C(F)(F)F)c2)(CNCCC(C)C)N(CC(=O)O)c2ccc(C)c(O)c2)c1. The number of phenols is 1. The third kappa shape index (κ3) is 12.2. The van der Waals surface area contributed by atoms with Crippen molar-refractivity contribution in [3.05, 3.63) is 93.8 Å². The largest absolute Gasteiger partial charge is 0.508 e. The molecular weight excluding hydrogens is 694 g/mol. The van der Waals surface area contributed by atoms with E-state index in [4.69, 9.17) is 4.74 Å². The van der Waals surface area contributed by atoms with Crippen molar-refractivity contribution in [1.29, 1.82) is 0 Å². The molecule has 0 heterocycles. The molecule has 0 radical (unpaired) electrons. The van der Waals surface area contributed by atoms with Gasteiger partial charge in [0, 0.05) is 36.8 Å². The molecule has 3 rings (SSSR count). The average Bonchev–Trinajstić information content (AvgIpc) is 3.07. The number of carboxylic acid groups (broad SMARTS) is 1. The van der Waals surface area contributed by atoms with Gasteiger partial charge in [0.25, 0.3) is 5.91 Å². The number of carbonyl (C=O) groups excluding carboxylic acids is 2. The number of aromatic hydroxyl groups is 1. The van der Waals surface area contributed by atoms with E-state index in [9.17, 15) is 42.2 Å². The number of hydrogen-bond acceptors (Lipinski definition) is 7. The summed E-state index contributed by atoms with van der Waals surface area (Å²) in [5, 5.41) is 24.1. The fraction of sp³-hybridized carbons (Fsp3) is 0.475.